The number of sulfonamides is 1. The summed E-state index contributed by atoms with van der Waals surface area (Å²) in [5.41, 5.74) is 0.531. The third-order valence-electron chi connectivity index (χ3n) is 2.95. The number of amides is 1. The predicted molar refractivity (Wildman–Crippen MR) is 98.5 cm³/mol. The van der Waals surface area contributed by atoms with Gasteiger partial charge in [0.1, 0.15) is 0 Å². The molecule has 9 heteroatoms. The maximum Gasteiger partial charge on any atom is 0.239 e. The van der Waals surface area contributed by atoms with E-state index in [9.17, 15) is 13.2 Å². The quantitative estimate of drug-likeness (QED) is 0.424. The normalized spacial score (nSPS) is 12.6. The van der Waals surface area contributed by atoms with E-state index >= 15 is 0 Å². The van der Waals surface area contributed by atoms with Crippen molar-refractivity contribution in [2.75, 3.05) is 13.1 Å². The number of guanidine groups is 1. The molecular weight excluding hydrogens is 342 g/mol. The fourth-order valence-corrected chi connectivity index (χ4v) is 2.44. The highest BCUT2D eigenvalue weighted by molar-refractivity contribution is 7.89. The minimum absolute atomic E-state index is 0.0594. The van der Waals surface area contributed by atoms with E-state index in [0.717, 1.165) is 5.56 Å². The second-order valence-corrected chi connectivity index (χ2v) is 8.10. The monoisotopic (exact) mass is 369 g/mol. The second-order valence-electron chi connectivity index (χ2n) is 6.54. The average Bonchev–Trinajstić information content (AvgIpc) is 2.48. The topological polar surface area (TPSA) is 126 Å². The van der Waals surface area contributed by atoms with Crippen molar-refractivity contribution in [3.05, 3.63) is 29.8 Å². The molecule has 0 saturated heterocycles. The summed E-state index contributed by atoms with van der Waals surface area (Å²) in [7, 11) is -3.70. The molecule has 0 spiro atoms. The Kier molecular flexibility index (Phi) is 7.38. The Hall–Kier alpha value is -2.13. The van der Waals surface area contributed by atoms with Gasteiger partial charge in [0.25, 0.3) is 0 Å². The first-order valence-corrected chi connectivity index (χ1v) is 9.51. The van der Waals surface area contributed by atoms with Crippen LogP contribution in [-0.4, -0.2) is 38.9 Å². The smallest absolute Gasteiger partial charge is 0.239 e. The van der Waals surface area contributed by atoms with E-state index in [1.165, 1.54) is 12.1 Å². The molecule has 0 aliphatic carbocycles. The Morgan fingerprint density at radius 1 is 1.16 bits per heavy atom. The highest BCUT2D eigenvalue weighted by Crippen LogP contribution is 2.09. The maximum atomic E-state index is 11.8. The van der Waals surface area contributed by atoms with Crippen LogP contribution in [0.5, 0.6) is 0 Å². The Morgan fingerprint density at radius 2 is 1.76 bits per heavy atom. The first kappa shape index (κ1) is 20.9. The van der Waals surface area contributed by atoms with Crippen molar-refractivity contribution in [2.24, 2.45) is 10.1 Å². The average molecular weight is 369 g/mol. The van der Waals surface area contributed by atoms with E-state index in [4.69, 9.17) is 5.14 Å². The summed E-state index contributed by atoms with van der Waals surface area (Å²) in [5, 5.41) is 13.9. The number of nitrogens with zero attached hydrogens (tertiary/aromatic N) is 1. The van der Waals surface area contributed by atoms with E-state index in [1.807, 2.05) is 27.7 Å². The van der Waals surface area contributed by atoms with Crippen LogP contribution in [0, 0.1) is 0 Å². The van der Waals surface area contributed by atoms with Gasteiger partial charge in [-0.15, -0.1) is 0 Å². The minimum atomic E-state index is -3.70. The van der Waals surface area contributed by atoms with Gasteiger partial charge in [-0.05, 0) is 45.4 Å². The van der Waals surface area contributed by atoms with Crippen LogP contribution in [-0.2, 0) is 21.4 Å². The molecule has 0 bridgehead atoms. The summed E-state index contributed by atoms with van der Waals surface area (Å²) in [4.78, 5) is 16.3. The number of carbonyl (C=O) groups excluding carboxylic acids is 1. The van der Waals surface area contributed by atoms with Gasteiger partial charge in [-0.2, -0.15) is 0 Å². The summed E-state index contributed by atoms with van der Waals surface area (Å²) in [6.07, 6.45) is 0. The van der Waals surface area contributed by atoms with Crippen LogP contribution >= 0.6 is 0 Å². The lowest BCUT2D eigenvalue weighted by molar-refractivity contribution is -0.121. The van der Waals surface area contributed by atoms with Crippen molar-refractivity contribution in [1.29, 1.82) is 0 Å². The van der Waals surface area contributed by atoms with Gasteiger partial charge in [-0.3, -0.25) is 4.79 Å². The first-order chi connectivity index (χ1) is 11.5. The summed E-state index contributed by atoms with van der Waals surface area (Å²) >= 11 is 0. The number of nitrogens with two attached hydrogens (primary N) is 1. The molecule has 25 heavy (non-hydrogen) atoms. The van der Waals surface area contributed by atoms with Gasteiger partial charge in [0.05, 0.1) is 18.0 Å². The van der Waals surface area contributed by atoms with Crippen molar-refractivity contribution < 1.29 is 13.2 Å². The number of aliphatic imine (C=N–C) groups is 1. The third-order valence-corrected chi connectivity index (χ3v) is 3.88. The van der Waals surface area contributed by atoms with Crippen molar-refractivity contribution in [1.82, 2.24) is 16.0 Å². The summed E-state index contributed by atoms with van der Waals surface area (Å²) in [6.45, 7) is 8.75. The summed E-state index contributed by atoms with van der Waals surface area (Å²) in [6, 6.07) is 6.19. The van der Waals surface area contributed by atoms with Crippen molar-refractivity contribution in [3.63, 3.8) is 0 Å². The molecule has 0 heterocycles. The zero-order valence-corrected chi connectivity index (χ0v) is 15.9. The largest absolute Gasteiger partial charge is 0.357 e. The van der Waals surface area contributed by atoms with Gasteiger partial charge in [0, 0.05) is 12.1 Å². The van der Waals surface area contributed by atoms with Gasteiger partial charge in [0.15, 0.2) is 5.96 Å². The number of benzene rings is 1. The SMILES string of the molecule is CCNC(=NCc1ccc(S(N)(=O)=O)cc1)NCC(=O)NC(C)(C)C. The van der Waals surface area contributed by atoms with E-state index in [1.54, 1.807) is 12.1 Å². The molecule has 0 aromatic heterocycles. The van der Waals surface area contributed by atoms with Crippen LogP contribution in [0.15, 0.2) is 34.2 Å². The highest BCUT2D eigenvalue weighted by Gasteiger charge is 2.13. The molecule has 1 amide bonds. The first-order valence-electron chi connectivity index (χ1n) is 7.96. The molecule has 140 valence electrons. The van der Waals surface area contributed by atoms with Gasteiger partial charge in [-0.25, -0.2) is 18.5 Å². The Bertz CT molecular complexity index is 706. The zero-order chi connectivity index (χ0) is 19.1. The number of primary sulfonamides is 1. The van der Waals surface area contributed by atoms with Crippen LogP contribution in [0.3, 0.4) is 0 Å². The van der Waals surface area contributed by atoms with Crippen molar-refractivity contribution in [2.45, 2.75) is 44.7 Å². The molecule has 0 fully saturated rings. The molecule has 5 N–H and O–H groups in total. The minimum Gasteiger partial charge on any atom is -0.357 e. The Morgan fingerprint density at radius 3 is 2.24 bits per heavy atom. The number of nitrogens with one attached hydrogen (secondary N) is 3. The Balaban J connectivity index is 2.67. The van der Waals surface area contributed by atoms with Crippen molar-refractivity contribution >= 4 is 21.9 Å². The fraction of sp³-hybridized carbons (Fsp3) is 0.500. The Labute approximate surface area is 149 Å². The predicted octanol–water partition coefficient (Wildman–Crippen LogP) is 0.304. The number of rotatable bonds is 6. The fourth-order valence-electron chi connectivity index (χ4n) is 1.92. The molecule has 1 rings (SSSR count). The molecular formula is C16H27N5O3S. The summed E-state index contributed by atoms with van der Waals surface area (Å²) < 4.78 is 22.5. The lowest BCUT2D eigenvalue weighted by Crippen LogP contribution is -2.48. The van der Waals surface area contributed by atoms with Crippen LogP contribution < -0.4 is 21.1 Å². The molecule has 1 aromatic rings. The van der Waals surface area contributed by atoms with Crippen LogP contribution in [0.4, 0.5) is 0 Å². The number of hydrogen-bond donors (Lipinski definition) is 4. The van der Waals surface area contributed by atoms with Gasteiger partial charge < -0.3 is 16.0 Å². The molecule has 0 aliphatic rings. The van der Waals surface area contributed by atoms with Crippen LogP contribution in [0.25, 0.3) is 0 Å². The molecule has 0 saturated carbocycles. The molecule has 1 aromatic carbocycles. The van der Waals surface area contributed by atoms with Crippen molar-refractivity contribution in [3.8, 4) is 0 Å². The van der Waals surface area contributed by atoms with Crippen LogP contribution in [0.2, 0.25) is 0 Å². The summed E-state index contributed by atoms with van der Waals surface area (Å²) in [5.74, 6) is 0.373. The van der Waals surface area contributed by atoms with Gasteiger partial charge in [-0.1, -0.05) is 12.1 Å². The lowest BCUT2D eigenvalue weighted by atomic mass is 10.1. The molecule has 0 atom stereocenters. The molecule has 8 nitrogen and oxygen atoms in total. The maximum absolute atomic E-state index is 11.8. The van der Waals surface area contributed by atoms with Gasteiger partial charge in [0.2, 0.25) is 15.9 Å². The number of carbonyl (C=O) groups is 1. The van der Waals surface area contributed by atoms with Gasteiger partial charge >= 0.3 is 0 Å². The molecule has 0 unspecified atom stereocenters. The van der Waals surface area contributed by atoms with E-state index in [-0.39, 0.29) is 22.9 Å². The third kappa shape index (κ3) is 8.50. The van der Waals surface area contributed by atoms with Crippen LogP contribution in [0.1, 0.15) is 33.3 Å². The second kappa shape index (κ2) is 8.82. The number of hydrogen-bond acceptors (Lipinski definition) is 4. The zero-order valence-electron chi connectivity index (χ0n) is 15.1. The van der Waals surface area contributed by atoms with E-state index < -0.39 is 10.0 Å². The standard InChI is InChI=1S/C16H27N5O3S/c1-5-18-15(20-11-14(22)21-16(2,3)4)19-10-12-6-8-13(9-7-12)25(17,23)24/h6-9H,5,10-11H2,1-4H3,(H,21,22)(H2,17,23,24)(H2,18,19,20). The lowest BCUT2D eigenvalue weighted by Gasteiger charge is -2.21. The highest BCUT2D eigenvalue weighted by atomic mass is 32.2. The van der Waals surface area contributed by atoms with E-state index in [2.05, 4.69) is 20.9 Å². The molecule has 0 radical (unpaired) electrons. The van der Waals surface area contributed by atoms with E-state index in [0.29, 0.717) is 19.0 Å². The molecule has 0 aliphatic heterocycles.